The molecule has 0 radical (unpaired) electrons. The van der Waals surface area contributed by atoms with Crippen LogP contribution < -0.4 is 10.6 Å². The highest BCUT2D eigenvalue weighted by atomic mass is 16.5. The highest BCUT2D eigenvalue weighted by Crippen LogP contribution is 2.16. The van der Waals surface area contributed by atoms with Crippen molar-refractivity contribution in [1.29, 1.82) is 0 Å². The van der Waals surface area contributed by atoms with Gasteiger partial charge in [0.2, 0.25) is 5.91 Å². The summed E-state index contributed by atoms with van der Waals surface area (Å²) in [5.41, 5.74) is 0.0774. The zero-order chi connectivity index (χ0) is 9.73. The van der Waals surface area contributed by atoms with Crippen LogP contribution in [-0.2, 0) is 9.53 Å². The zero-order valence-electron chi connectivity index (χ0n) is 8.35. The Morgan fingerprint density at radius 2 is 2.38 bits per heavy atom. The summed E-state index contributed by atoms with van der Waals surface area (Å²) in [5, 5.41) is 5.93. The van der Waals surface area contributed by atoms with Crippen molar-refractivity contribution in [3.05, 3.63) is 0 Å². The van der Waals surface area contributed by atoms with Crippen LogP contribution in [0.3, 0.4) is 0 Å². The Labute approximate surface area is 79.0 Å². The van der Waals surface area contributed by atoms with Crippen LogP contribution in [0.15, 0.2) is 0 Å². The molecule has 0 aromatic rings. The molecule has 2 N–H and O–H groups in total. The Bertz CT molecular complexity index is 176. The summed E-state index contributed by atoms with van der Waals surface area (Å²) < 4.78 is 5.28. The van der Waals surface area contributed by atoms with E-state index in [1.165, 1.54) is 0 Å². The number of hydrogen-bond acceptors (Lipinski definition) is 3. The van der Waals surface area contributed by atoms with Crippen LogP contribution in [0.1, 0.15) is 19.8 Å². The molecule has 4 nitrogen and oxygen atoms in total. The average molecular weight is 186 g/mol. The van der Waals surface area contributed by atoms with Gasteiger partial charge in [-0.2, -0.15) is 0 Å². The molecule has 0 aliphatic carbocycles. The maximum atomic E-state index is 10.9. The summed E-state index contributed by atoms with van der Waals surface area (Å²) in [6, 6.07) is 0. The van der Waals surface area contributed by atoms with Gasteiger partial charge < -0.3 is 15.4 Å². The first-order valence-corrected chi connectivity index (χ1v) is 4.70. The predicted octanol–water partition coefficient (Wildman–Crippen LogP) is -0.109. The maximum absolute atomic E-state index is 10.9. The number of nitrogens with one attached hydrogen (secondary N) is 2. The van der Waals surface area contributed by atoms with E-state index in [1.54, 1.807) is 7.05 Å². The van der Waals surface area contributed by atoms with Crippen molar-refractivity contribution in [2.75, 3.05) is 26.8 Å². The molecule has 1 aliphatic heterocycles. The number of carbonyl (C=O) groups excluding carboxylic acids is 1. The van der Waals surface area contributed by atoms with Crippen molar-refractivity contribution < 1.29 is 9.53 Å². The number of carbonyl (C=O) groups is 1. The van der Waals surface area contributed by atoms with E-state index in [1.807, 2.05) is 0 Å². The van der Waals surface area contributed by atoms with Crippen LogP contribution in [0.25, 0.3) is 0 Å². The van der Waals surface area contributed by atoms with E-state index in [-0.39, 0.29) is 11.4 Å². The van der Waals surface area contributed by atoms with Crippen molar-refractivity contribution in [1.82, 2.24) is 10.6 Å². The van der Waals surface area contributed by atoms with Crippen LogP contribution >= 0.6 is 0 Å². The molecule has 0 aromatic carbocycles. The van der Waals surface area contributed by atoms with Crippen LogP contribution in [0.4, 0.5) is 0 Å². The normalized spacial score (nSPS) is 27.5. The molecule has 1 fully saturated rings. The van der Waals surface area contributed by atoms with E-state index >= 15 is 0 Å². The first-order chi connectivity index (χ1) is 6.16. The van der Waals surface area contributed by atoms with Crippen molar-refractivity contribution in [2.24, 2.45) is 0 Å². The second-order valence-electron chi connectivity index (χ2n) is 3.71. The SMILES string of the molecule is CNC(=O)CCNC1(C)CCOC1. The first-order valence-electron chi connectivity index (χ1n) is 4.70. The molecule has 1 unspecified atom stereocenters. The number of hydrogen-bond donors (Lipinski definition) is 2. The number of ether oxygens (including phenoxy) is 1. The molecule has 4 heteroatoms. The van der Waals surface area contributed by atoms with E-state index in [4.69, 9.17) is 4.74 Å². The lowest BCUT2D eigenvalue weighted by molar-refractivity contribution is -0.120. The molecule has 0 spiro atoms. The maximum Gasteiger partial charge on any atom is 0.221 e. The van der Waals surface area contributed by atoms with Gasteiger partial charge in [-0.3, -0.25) is 4.79 Å². The quantitative estimate of drug-likeness (QED) is 0.644. The van der Waals surface area contributed by atoms with Gasteiger partial charge in [-0.1, -0.05) is 0 Å². The highest BCUT2D eigenvalue weighted by Gasteiger charge is 2.28. The molecule has 1 aliphatic rings. The standard InChI is InChI=1S/C9H18N2O2/c1-9(4-6-13-7-9)11-5-3-8(12)10-2/h11H,3-7H2,1-2H3,(H,10,12). The molecule has 0 aromatic heterocycles. The molecule has 0 bridgehead atoms. The summed E-state index contributed by atoms with van der Waals surface area (Å²) in [6.45, 7) is 4.42. The van der Waals surface area contributed by atoms with Crippen LogP contribution in [-0.4, -0.2) is 38.3 Å². The Hall–Kier alpha value is -0.610. The Balaban J connectivity index is 2.14. The number of rotatable bonds is 4. The van der Waals surface area contributed by atoms with Gasteiger partial charge in [-0.15, -0.1) is 0 Å². The second kappa shape index (κ2) is 4.58. The first kappa shape index (κ1) is 10.5. The van der Waals surface area contributed by atoms with Crippen LogP contribution in [0.5, 0.6) is 0 Å². The van der Waals surface area contributed by atoms with Gasteiger partial charge in [-0.25, -0.2) is 0 Å². The molecule has 13 heavy (non-hydrogen) atoms. The summed E-state index contributed by atoms with van der Waals surface area (Å²) >= 11 is 0. The molecule has 76 valence electrons. The van der Waals surface area contributed by atoms with Gasteiger partial charge in [0, 0.05) is 32.2 Å². The number of amides is 1. The lowest BCUT2D eigenvalue weighted by atomic mass is 10.0. The Morgan fingerprint density at radius 3 is 2.92 bits per heavy atom. The molecule has 1 saturated heterocycles. The third kappa shape index (κ3) is 3.32. The van der Waals surface area contributed by atoms with E-state index < -0.39 is 0 Å². The summed E-state index contributed by atoms with van der Waals surface area (Å²) in [4.78, 5) is 10.9. The lowest BCUT2D eigenvalue weighted by Gasteiger charge is -2.23. The fourth-order valence-corrected chi connectivity index (χ4v) is 1.41. The van der Waals surface area contributed by atoms with Gasteiger partial charge in [0.1, 0.15) is 0 Å². The Morgan fingerprint density at radius 1 is 1.62 bits per heavy atom. The molecular formula is C9H18N2O2. The molecule has 1 rings (SSSR count). The summed E-state index contributed by atoms with van der Waals surface area (Å²) in [6.07, 6.45) is 1.56. The monoisotopic (exact) mass is 186 g/mol. The smallest absolute Gasteiger partial charge is 0.221 e. The summed E-state index contributed by atoms with van der Waals surface area (Å²) in [7, 11) is 1.66. The fraction of sp³-hybridized carbons (Fsp3) is 0.889. The van der Waals surface area contributed by atoms with Gasteiger partial charge >= 0.3 is 0 Å². The molecule has 1 amide bonds. The zero-order valence-corrected chi connectivity index (χ0v) is 8.35. The van der Waals surface area contributed by atoms with E-state index in [2.05, 4.69) is 17.6 Å². The van der Waals surface area contributed by atoms with E-state index in [0.717, 1.165) is 26.2 Å². The molecule has 0 saturated carbocycles. The predicted molar refractivity (Wildman–Crippen MR) is 50.5 cm³/mol. The minimum absolute atomic E-state index is 0.0774. The molecular weight excluding hydrogens is 168 g/mol. The largest absolute Gasteiger partial charge is 0.379 e. The van der Waals surface area contributed by atoms with Gasteiger partial charge in [-0.05, 0) is 13.3 Å². The van der Waals surface area contributed by atoms with Crippen molar-refractivity contribution in [3.8, 4) is 0 Å². The molecule has 1 heterocycles. The minimum Gasteiger partial charge on any atom is -0.379 e. The lowest BCUT2D eigenvalue weighted by Crippen LogP contribution is -2.44. The fourth-order valence-electron chi connectivity index (χ4n) is 1.41. The van der Waals surface area contributed by atoms with E-state index in [9.17, 15) is 4.79 Å². The highest BCUT2D eigenvalue weighted by molar-refractivity contribution is 5.75. The third-order valence-corrected chi connectivity index (χ3v) is 2.40. The Kier molecular flexibility index (Phi) is 3.69. The molecule has 1 atom stereocenters. The summed E-state index contributed by atoms with van der Waals surface area (Å²) in [5.74, 6) is 0.0787. The van der Waals surface area contributed by atoms with Crippen molar-refractivity contribution in [3.63, 3.8) is 0 Å². The average Bonchev–Trinajstić information content (AvgIpc) is 2.52. The van der Waals surface area contributed by atoms with Crippen LogP contribution in [0.2, 0.25) is 0 Å². The third-order valence-electron chi connectivity index (χ3n) is 2.40. The van der Waals surface area contributed by atoms with Crippen molar-refractivity contribution >= 4 is 5.91 Å². The topological polar surface area (TPSA) is 50.4 Å². The van der Waals surface area contributed by atoms with Crippen LogP contribution in [0, 0.1) is 0 Å². The van der Waals surface area contributed by atoms with E-state index in [0.29, 0.717) is 6.42 Å². The van der Waals surface area contributed by atoms with Crippen molar-refractivity contribution in [2.45, 2.75) is 25.3 Å². The van der Waals surface area contributed by atoms with Gasteiger partial charge in [0.25, 0.3) is 0 Å². The van der Waals surface area contributed by atoms with Gasteiger partial charge in [0.15, 0.2) is 0 Å². The van der Waals surface area contributed by atoms with Gasteiger partial charge in [0.05, 0.1) is 6.61 Å². The second-order valence-corrected chi connectivity index (χ2v) is 3.71. The minimum atomic E-state index is 0.0774.